The maximum Gasteiger partial charge on any atom is 0.417 e. The van der Waals surface area contributed by atoms with Crippen molar-refractivity contribution in [2.45, 2.75) is 15.4 Å². The fourth-order valence-electron chi connectivity index (χ4n) is 2.20. The maximum atomic E-state index is 13.1. The molecule has 0 saturated heterocycles. The molecule has 0 atom stereocenters. The largest absolute Gasteiger partial charge is 0.417 e. The van der Waals surface area contributed by atoms with Crippen LogP contribution in [0.2, 0.25) is 0 Å². The second kappa shape index (κ2) is 6.50. The molecule has 1 aromatic heterocycles. The van der Waals surface area contributed by atoms with Gasteiger partial charge in [0.25, 0.3) is 10.0 Å². The van der Waals surface area contributed by atoms with Crippen LogP contribution in [0.5, 0.6) is 0 Å². The average Bonchev–Trinajstić information content (AvgIpc) is 2.96. The molecule has 3 rings (SSSR count). The third-order valence-electron chi connectivity index (χ3n) is 3.28. The summed E-state index contributed by atoms with van der Waals surface area (Å²) in [6.45, 7) is 0. The molecule has 1 N–H and O–H groups in total. The fraction of sp³-hybridized carbons (Fsp3) is 0.133. The van der Waals surface area contributed by atoms with Crippen molar-refractivity contribution >= 4 is 49.0 Å². The van der Waals surface area contributed by atoms with Gasteiger partial charge in [0.1, 0.15) is 0 Å². The lowest BCUT2D eigenvalue weighted by atomic mass is 10.2. The smallest absolute Gasteiger partial charge is 0.280 e. The zero-order valence-corrected chi connectivity index (χ0v) is 15.1. The fourth-order valence-corrected chi connectivity index (χ4v) is 5.01. The van der Waals surface area contributed by atoms with Crippen molar-refractivity contribution in [2.24, 2.45) is 0 Å². The third kappa shape index (κ3) is 3.75. The van der Waals surface area contributed by atoms with E-state index in [9.17, 15) is 21.6 Å². The van der Waals surface area contributed by atoms with E-state index >= 15 is 0 Å². The first kappa shape index (κ1) is 18.0. The molecule has 1 heterocycles. The molecule has 0 unspecified atom stereocenters. The molecular weight excluding hydrogens is 393 g/mol. The molecule has 0 bridgehead atoms. The zero-order valence-electron chi connectivity index (χ0n) is 12.7. The number of sulfonamides is 1. The van der Waals surface area contributed by atoms with E-state index in [2.05, 4.69) is 9.71 Å². The van der Waals surface area contributed by atoms with Crippen LogP contribution in [-0.2, 0) is 16.2 Å². The highest BCUT2D eigenvalue weighted by Crippen LogP contribution is 2.35. The molecule has 0 aliphatic rings. The standard InChI is InChI=1S/C15H11F3N2O2S3/c1-23-14-19-11-7-6-9(8-12(11)24-14)20-25(21,22)13-5-3-2-4-10(13)15(16,17)18/h2-8,20H,1H3. The van der Waals surface area contributed by atoms with Gasteiger partial charge in [-0.15, -0.1) is 11.3 Å². The van der Waals surface area contributed by atoms with Crippen LogP contribution in [0.4, 0.5) is 18.9 Å². The Morgan fingerprint density at radius 2 is 1.88 bits per heavy atom. The number of rotatable bonds is 4. The second-order valence-electron chi connectivity index (χ2n) is 4.97. The Hall–Kier alpha value is -1.78. The van der Waals surface area contributed by atoms with Gasteiger partial charge in [0.2, 0.25) is 0 Å². The van der Waals surface area contributed by atoms with Gasteiger partial charge in [-0.3, -0.25) is 4.72 Å². The molecule has 0 aliphatic carbocycles. The van der Waals surface area contributed by atoms with Crippen LogP contribution < -0.4 is 4.72 Å². The number of nitrogens with one attached hydrogen (secondary N) is 1. The summed E-state index contributed by atoms with van der Waals surface area (Å²) in [6.07, 6.45) is -2.89. The van der Waals surface area contributed by atoms with Gasteiger partial charge in [-0.05, 0) is 36.6 Å². The zero-order chi connectivity index (χ0) is 18.2. The summed E-state index contributed by atoms with van der Waals surface area (Å²) in [5, 5.41) is 0. The first-order valence-electron chi connectivity index (χ1n) is 6.84. The number of aromatic nitrogens is 1. The molecule has 132 valence electrons. The number of anilines is 1. The monoisotopic (exact) mass is 404 g/mol. The Morgan fingerprint density at radius 1 is 1.16 bits per heavy atom. The summed E-state index contributed by atoms with van der Waals surface area (Å²) in [5.41, 5.74) is -0.320. The number of thiazole rings is 1. The number of benzene rings is 2. The number of halogens is 3. The van der Waals surface area contributed by atoms with Gasteiger partial charge in [-0.2, -0.15) is 13.2 Å². The van der Waals surface area contributed by atoms with Crippen LogP contribution in [0.15, 0.2) is 51.7 Å². The van der Waals surface area contributed by atoms with E-state index in [0.717, 1.165) is 27.2 Å². The highest BCUT2D eigenvalue weighted by atomic mass is 32.2. The van der Waals surface area contributed by atoms with Crippen molar-refractivity contribution in [1.29, 1.82) is 0 Å². The van der Waals surface area contributed by atoms with Crippen molar-refractivity contribution < 1.29 is 21.6 Å². The lowest BCUT2D eigenvalue weighted by Gasteiger charge is -2.14. The number of hydrogen-bond acceptors (Lipinski definition) is 5. The molecule has 0 radical (unpaired) electrons. The number of thioether (sulfide) groups is 1. The molecule has 0 amide bonds. The van der Waals surface area contributed by atoms with Crippen molar-refractivity contribution in [3.05, 3.63) is 48.0 Å². The van der Waals surface area contributed by atoms with E-state index in [1.54, 1.807) is 12.1 Å². The highest BCUT2D eigenvalue weighted by molar-refractivity contribution is 8.00. The van der Waals surface area contributed by atoms with Crippen molar-refractivity contribution in [1.82, 2.24) is 4.98 Å². The van der Waals surface area contributed by atoms with E-state index in [1.165, 1.54) is 35.2 Å². The van der Waals surface area contributed by atoms with Gasteiger partial charge in [0.15, 0.2) is 4.34 Å². The summed E-state index contributed by atoms with van der Waals surface area (Å²) in [4.78, 5) is 3.52. The maximum absolute atomic E-state index is 13.1. The number of nitrogens with zero attached hydrogens (tertiary/aromatic N) is 1. The minimum absolute atomic E-state index is 0.181. The molecule has 0 fully saturated rings. The third-order valence-corrected chi connectivity index (χ3v) is 6.72. The molecule has 0 spiro atoms. The second-order valence-corrected chi connectivity index (χ2v) is 8.70. The van der Waals surface area contributed by atoms with Gasteiger partial charge in [-0.1, -0.05) is 23.9 Å². The van der Waals surface area contributed by atoms with Crippen LogP contribution in [0, 0.1) is 0 Å². The molecule has 3 aromatic rings. The van der Waals surface area contributed by atoms with Crippen molar-refractivity contribution in [2.75, 3.05) is 11.0 Å². The molecule has 4 nitrogen and oxygen atoms in total. The summed E-state index contributed by atoms with van der Waals surface area (Å²) in [7, 11) is -4.39. The van der Waals surface area contributed by atoms with Gasteiger partial charge in [0, 0.05) is 0 Å². The van der Waals surface area contributed by atoms with E-state index in [1.807, 2.05) is 6.26 Å². The Labute approximate surface area is 150 Å². The lowest BCUT2D eigenvalue weighted by Crippen LogP contribution is -2.18. The van der Waals surface area contributed by atoms with E-state index in [0.29, 0.717) is 5.52 Å². The first-order valence-corrected chi connectivity index (χ1v) is 10.4. The topological polar surface area (TPSA) is 59.1 Å². The van der Waals surface area contributed by atoms with E-state index in [4.69, 9.17) is 0 Å². The number of alkyl halides is 3. The molecule has 10 heteroatoms. The SMILES string of the molecule is CSc1nc2ccc(NS(=O)(=O)c3ccccc3C(F)(F)F)cc2s1. The molecule has 25 heavy (non-hydrogen) atoms. The Morgan fingerprint density at radius 3 is 2.56 bits per heavy atom. The van der Waals surface area contributed by atoms with Gasteiger partial charge < -0.3 is 0 Å². The van der Waals surface area contributed by atoms with Gasteiger partial charge in [0.05, 0.1) is 26.4 Å². The van der Waals surface area contributed by atoms with Crippen LogP contribution >= 0.6 is 23.1 Å². The predicted octanol–water partition coefficient (Wildman–Crippen LogP) is 4.84. The molecule has 0 aliphatic heterocycles. The highest BCUT2D eigenvalue weighted by Gasteiger charge is 2.36. The Balaban J connectivity index is 2.00. The Bertz CT molecular complexity index is 1030. The van der Waals surface area contributed by atoms with Crippen LogP contribution in [0.1, 0.15) is 5.56 Å². The number of hydrogen-bond donors (Lipinski definition) is 1. The van der Waals surface area contributed by atoms with Crippen LogP contribution in [0.25, 0.3) is 10.2 Å². The summed E-state index contributed by atoms with van der Waals surface area (Å²) in [5.74, 6) is 0. The summed E-state index contributed by atoms with van der Waals surface area (Å²) < 4.78 is 67.8. The number of fused-ring (bicyclic) bond motifs is 1. The van der Waals surface area contributed by atoms with E-state index in [-0.39, 0.29) is 5.69 Å². The average molecular weight is 404 g/mol. The van der Waals surface area contributed by atoms with Crippen LogP contribution in [-0.4, -0.2) is 19.7 Å². The molecular formula is C15H11F3N2O2S3. The molecule has 0 saturated carbocycles. The summed E-state index contributed by atoms with van der Waals surface area (Å²) >= 11 is 2.84. The van der Waals surface area contributed by atoms with Crippen molar-refractivity contribution in [3.63, 3.8) is 0 Å². The van der Waals surface area contributed by atoms with Crippen molar-refractivity contribution in [3.8, 4) is 0 Å². The Kier molecular flexibility index (Phi) is 4.69. The van der Waals surface area contributed by atoms with Gasteiger partial charge >= 0.3 is 6.18 Å². The van der Waals surface area contributed by atoms with E-state index < -0.39 is 26.7 Å². The predicted molar refractivity (Wildman–Crippen MR) is 93.7 cm³/mol. The normalized spacial score (nSPS) is 12.5. The molecule has 2 aromatic carbocycles. The lowest BCUT2D eigenvalue weighted by molar-refractivity contribution is -0.139. The quantitative estimate of drug-likeness (QED) is 0.633. The van der Waals surface area contributed by atoms with Gasteiger partial charge in [-0.25, -0.2) is 13.4 Å². The summed E-state index contributed by atoms with van der Waals surface area (Å²) in [6, 6.07) is 8.73. The van der Waals surface area contributed by atoms with Crippen LogP contribution in [0.3, 0.4) is 0 Å². The first-order chi connectivity index (χ1) is 11.7. The minimum atomic E-state index is -4.76. The minimum Gasteiger partial charge on any atom is -0.280 e.